The SMILES string of the molecule is CCNc1nc(Cl)nc(NCCSC(Cl)(Cl)Cl)n1. The van der Waals surface area contributed by atoms with Crippen LogP contribution in [0, 0.1) is 0 Å². The summed E-state index contributed by atoms with van der Waals surface area (Å²) in [7, 11) is 0. The highest BCUT2D eigenvalue weighted by Gasteiger charge is 2.19. The predicted molar refractivity (Wildman–Crippen MR) is 80.2 cm³/mol. The molecule has 1 heterocycles. The van der Waals surface area contributed by atoms with E-state index in [9.17, 15) is 0 Å². The summed E-state index contributed by atoms with van der Waals surface area (Å²) in [5.41, 5.74) is 0. The molecule has 1 aromatic rings. The van der Waals surface area contributed by atoms with Crippen molar-refractivity contribution in [3.63, 3.8) is 0 Å². The van der Waals surface area contributed by atoms with Crippen molar-refractivity contribution >= 4 is 70.1 Å². The normalized spacial score (nSPS) is 11.4. The monoisotopic (exact) mass is 349 g/mol. The van der Waals surface area contributed by atoms with Crippen LogP contribution in [0.2, 0.25) is 5.28 Å². The van der Waals surface area contributed by atoms with Crippen molar-refractivity contribution in [1.29, 1.82) is 0 Å². The van der Waals surface area contributed by atoms with Crippen LogP contribution in [0.25, 0.3) is 0 Å². The summed E-state index contributed by atoms with van der Waals surface area (Å²) in [5, 5.41) is 6.04. The largest absolute Gasteiger partial charge is 0.354 e. The molecule has 0 saturated carbocycles. The number of anilines is 2. The van der Waals surface area contributed by atoms with Gasteiger partial charge in [0.15, 0.2) is 0 Å². The third kappa shape index (κ3) is 6.89. The fourth-order valence-corrected chi connectivity index (χ4v) is 2.29. The van der Waals surface area contributed by atoms with E-state index in [-0.39, 0.29) is 5.28 Å². The van der Waals surface area contributed by atoms with Gasteiger partial charge in [-0.15, -0.1) is 11.8 Å². The molecule has 2 N–H and O–H groups in total. The first-order valence-corrected chi connectivity index (χ1v) is 7.50. The maximum atomic E-state index is 5.76. The fourth-order valence-electron chi connectivity index (χ4n) is 0.996. The topological polar surface area (TPSA) is 62.7 Å². The smallest absolute Gasteiger partial charge is 0.237 e. The first kappa shape index (κ1) is 16.2. The molecule has 0 aromatic carbocycles. The molecule has 1 aromatic heterocycles. The molecule has 0 fully saturated rings. The molecule has 102 valence electrons. The molecule has 0 bridgehead atoms. The Hall–Kier alpha value is 0.120. The molecule has 0 atom stereocenters. The lowest BCUT2D eigenvalue weighted by Crippen LogP contribution is -2.12. The summed E-state index contributed by atoms with van der Waals surface area (Å²) < 4.78 is -1.31. The number of hydrogen-bond donors (Lipinski definition) is 2. The quantitative estimate of drug-likeness (QED) is 0.605. The zero-order valence-electron chi connectivity index (χ0n) is 9.38. The highest BCUT2D eigenvalue weighted by Crippen LogP contribution is 2.38. The van der Waals surface area contributed by atoms with Crippen molar-refractivity contribution in [3.05, 3.63) is 5.28 Å². The highest BCUT2D eigenvalue weighted by atomic mass is 35.6. The van der Waals surface area contributed by atoms with Crippen molar-refractivity contribution in [3.8, 4) is 0 Å². The number of hydrogen-bond acceptors (Lipinski definition) is 6. The van der Waals surface area contributed by atoms with Gasteiger partial charge in [0.2, 0.25) is 20.3 Å². The Morgan fingerprint density at radius 2 is 1.72 bits per heavy atom. The van der Waals surface area contributed by atoms with Crippen molar-refractivity contribution in [2.75, 3.05) is 29.5 Å². The Morgan fingerprint density at radius 1 is 1.11 bits per heavy atom. The van der Waals surface area contributed by atoms with E-state index in [4.69, 9.17) is 46.4 Å². The summed E-state index contributed by atoms with van der Waals surface area (Å²) in [5.74, 6) is 1.40. The first-order chi connectivity index (χ1) is 8.40. The molecule has 5 nitrogen and oxygen atoms in total. The molecule has 1 rings (SSSR count). The van der Waals surface area contributed by atoms with E-state index in [1.54, 1.807) is 0 Å². The van der Waals surface area contributed by atoms with Gasteiger partial charge in [-0.2, -0.15) is 15.0 Å². The fraction of sp³-hybridized carbons (Fsp3) is 0.625. The van der Waals surface area contributed by atoms with Crippen LogP contribution in [0.4, 0.5) is 11.9 Å². The van der Waals surface area contributed by atoms with E-state index in [0.717, 1.165) is 0 Å². The molecular weight excluding hydrogens is 340 g/mol. The highest BCUT2D eigenvalue weighted by molar-refractivity contribution is 8.04. The number of nitrogens with one attached hydrogen (secondary N) is 2. The van der Waals surface area contributed by atoms with E-state index in [2.05, 4.69) is 25.6 Å². The zero-order valence-corrected chi connectivity index (χ0v) is 13.2. The average molecular weight is 351 g/mol. The molecule has 0 saturated heterocycles. The van der Waals surface area contributed by atoms with Crippen molar-refractivity contribution in [2.24, 2.45) is 0 Å². The maximum absolute atomic E-state index is 5.76. The van der Waals surface area contributed by atoms with Gasteiger partial charge >= 0.3 is 0 Å². The molecule has 0 radical (unpaired) electrons. The van der Waals surface area contributed by atoms with Gasteiger partial charge in [0, 0.05) is 18.8 Å². The number of rotatable bonds is 6. The number of alkyl halides is 3. The van der Waals surface area contributed by atoms with E-state index < -0.39 is 3.12 Å². The minimum atomic E-state index is -1.31. The summed E-state index contributed by atoms with van der Waals surface area (Å²) in [6, 6.07) is 0. The van der Waals surface area contributed by atoms with Crippen LogP contribution in [0.3, 0.4) is 0 Å². The second kappa shape index (κ2) is 7.65. The first-order valence-electron chi connectivity index (χ1n) is 5.00. The standard InChI is InChI=1S/C8H11Cl4N5S/c1-2-13-6-15-5(9)16-7(17-6)14-3-4-18-8(10,11)12/h2-4H2,1H3,(H2,13,14,15,16,17). The summed E-state index contributed by atoms with van der Waals surface area (Å²) in [4.78, 5) is 12.0. The lowest BCUT2D eigenvalue weighted by molar-refractivity contribution is 1.00. The van der Waals surface area contributed by atoms with E-state index >= 15 is 0 Å². The van der Waals surface area contributed by atoms with Gasteiger partial charge in [0.1, 0.15) is 0 Å². The van der Waals surface area contributed by atoms with E-state index in [0.29, 0.717) is 30.7 Å². The molecule has 18 heavy (non-hydrogen) atoms. The molecular formula is C8H11Cl4N5S. The summed E-state index contributed by atoms with van der Waals surface area (Å²) in [6.45, 7) is 3.18. The second-order valence-electron chi connectivity index (χ2n) is 3.00. The maximum Gasteiger partial charge on any atom is 0.237 e. The third-order valence-corrected chi connectivity index (χ3v) is 3.48. The Bertz CT molecular complexity index is 386. The van der Waals surface area contributed by atoms with Crippen molar-refractivity contribution in [1.82, 2.24) is 15.0 Å². The van der Waals surface area contributed by atoms with Crippen molar-refractivity contribution < 1.29 is 0 Å². The molecule has 0 spiro atoms. The van der Waals surface area contributed by atoms with E-state index in [1.807, 2.05) is 6.92 Å². The lowest BCUT2D eigenvalue weighted by Gasteiger charge is -2.10. The summed E-state index contributed by atoms with van der Waals surface area (Å²) in [6.07, 6.45) is 0. The predicted octanol–water partition coefficient (Wildman–Crippen LogP) is 3.43. The Kier molecular flexibility index (Phi) is 6.87. The summed E-state index contributed by atoms with van der Waals surface area (Å²) >= 11 is 23.7. The Labute approximate surface area is 129 Å². The second-order valence-corrected chi connectivity index (χ2v) is 7.60. The molecule has 0 unspecified atom stereocenters. The van der Waals surface area contributed by atoms with Crippen LogP contribution in [0.5, 0.6) is 0 Å². The molecule has 0 aliphatic rings. The van der Waals surface area contributed by atoms with Crippen molar-refractivity contribution in [2.45, 2.75) is 10.0 Å². The van der Waals surface area contributed by atoms with Crippen LogP contribution >= 0.6 is 58.2 Å². The van der Waals surface area contributed by atoms with E-state index in [1.165, 1.54) is 11.8 Å². The minimum Gasteiger partial charge on any atom is -0.354 e. The van der Waals surface area contributed by atoms with Crippen LogP contribution in [-0.2, 0) is 0 Å². The van der Waals surface area contributed by atoms with Gasteiger partial charge in [-0.25, -0.2) is 0 Å². The number of thioether (sulfide) groups is 1. The lowest BCUT2D eigenvalue weighted by atomic mass is 10.7. The van der Waals surface area contributed by atoms with Crippen LogP contribution < -0.4 is 10.6 Å². The van der Waals surface area contributed by atoms with Gasteiger partial charge in [-0.3, -0.25) is 0 Å². The Balaban J connectivity index is 2.46. The van der Waals surface area contributed by atoms with Gasteiger partial charge in [0.25, 0.3) is 0 Å². The van der Waals surface area contributed by atoms with Gasteiger partial charge in [0.05, 0.1) is 0 Å². The third-order valence-electron chi connectivity index (χ3n) is 1.59. The molecule has 10 heteroatoms. The average Bonchev–Trinajstić information content (AvgIpc) is 2.23. The molecule has 0 aliphatic carbocycles. The number of aromatic nitrogens is 3. The Morgan fingerprint density at radius 3 is 2.28 bits per heavy atom. The minimum absolute atomic E-state index is 0.123. The van der Waals surface area contributed by atoms with Gasteiger partial charge < -0.3 is 10.6 Å². The zero-order chi connectivity index (χ0) is 13.6. The van der Waals surface area contributed by atoms with Gasteiger partial charge in [-0.05, 0) is 18.5 Å². The molecule has 0 aliphatic heterocycles. The van der Waals surface area contributed by atoms with Crippen LogP contribution in [0.15, 0.2) is 0 Å². The van der Waals surface area contributed by atoms with Crippen LogP contribution in [0.1, 0.15) is 6.92 Å². The van der Waals surface area contributed by atoms with Crippen LogP contribution in [-0.4, -0.2) is 36.9 Å². The number of nitrogens with zero attached hydrogens (tertiary/aromatic N) is 3. The van der Waals surface area contributed by atoms with Gasteiger partial charge in [-0.1, -0.05) is 34.8 Å². The molecule has 0 amide bonds. The number of halogens is 4.